The minimum absolute atomic E-state index is 0.867. The summed E-state index contributed by atoms with van der Waals surface area (Å²) < 4.78 is 5.34. The second-order valence-corrected chi connectivity index (χ2v) is 5.74. The van der Waals surface area contributed by atoms with Crippen LogP contribution in [0.1, 0.15) is 25.7 Å². The predicted octanol–water partition coefficient (Wildman–Crippen LogP) is 1.90. The fourth-order valence-corrected chi connectivity index (χ4v) is 2.89. The van der Waals surface area contributed by atoms with Crippen LogP contribution in [-0.2, 0) is 4.74 Å². The Morgan fingerprint density at radius 1 is 1.14 bits per heavy atom. The molecule has 0 aromatic heterocycles. The smallest absolute Gasteiger partial charge is 0.0476 e. The van der Waals surface area contributed by atoms with Gasteiger partial charge in [-0.15, -0.1) is 0 Å². The predicted molar refractivity (Wildman–Crippen MR) is 61.9 cm³/mol. The van der Waals surface area contributed by atoms with Gasteiger partial charge in [0, 0.05) is 30.8 Å². The van der Waals surface area contributed by atoms with Gasteiger partial charge < -0.3 is 10.1 Å². The van der Waals surface area contributed by atoms with Crippen LogP contribution in [0.5, 0.6) is 0 Å². The molecule has 2 fully saturated rings. The van der Waals surface area contributed by atoms with E-state index in [0.717, 1.165) is 24.4 Å². The van der Waals surface area contributed by atoms with Crippen molar-refractivity contribution in [1.82, 2.24) is 5.32 Å². The Morgan fingerprint density at radius 2 is 1.93 bits per heavy atom. The lowest BCUT2D eigenvalue weighted by molar-refractivity contribution is 0.100. The van der Waals surface area contributed by atoms with Crippen molar-refractivity contribution < 1.29 is 4.74 Å². The van der Waals surface area contributed by atoms with Crippen LogP contribution in [0.15, 0.2) is 0 Å². The molecule has 0 aromatic rings. The average molecular weight is 215 g/mol. The highest BCUT2D eigenvalue weighted by Crippen LogP contribution is 2.27. The van der Waals surface area contributed by atoms with Crippen molar-refractivity contribution in [2.75, 3.05) is 32.1 Å². The zero-order valence-corrected chi connectivity index (χ0v) is 9.65. The molecule has 0 spiro atoms. The number of ether oxygens (including phenoxy) is 1. The van der Waals surface area contributed by atoms with Crippen LogP contribution in [0, 0.1) is 5.92 Å². The van der Waals surface area contributed by atoms with Crippen LogP contribution in [-0.4, -0.2) is 37.3 Å². The molecule has 0 unspecified atom stereocenters. The van der Waals surface area contributed by atoms with Gasteiger partial charge in [-0.05, 0) is 38.1 Å². The Bertz CT molecular complexity index is 155. The summed E-state index contributed by atoms with van der Waals surface area (Å²) in [6.45, 7) is 4.41. The van der Waals surface area contributed by atoms with E-state index in [4.69, 9.17) is 4.74 Å². The summed E-state index contributed by atoms with van der Waals surface area (Å²) in [7, 11) is 0. The van der Waals surface area contributed by atoms with Crippen molar-refractivity contribution in [2.24, 2.45) is 5.92 Å². The molecule has 14 heavy (non-hydrogen) atoms. The molecule has 0 bridgehead atoms. The summed E-state index contributed by atoms with van der Waals surface area (Å²) in [4.78, 5) is 0. The first-order chi connectivity index (χ1) is 6.95. The van der Waals surface area contributed by atoms with Crippen LogP contribution >= 0.6 is 11.8 Å². The van der Waals surface area contributed by atoms with Crippen LogP contribution < -0.4 is 5.32 Å². The van der Waals surface area contributed by atoms with Crippen molar-refractivity contribution >= 4 is 11.8 Å². The molecule has 2 rings (SSSR count). The third kappa shape index (κ3) is 4.20. The second kappa shape index (κ2) is 5.99. The van der Waals surface area contributed by atoms with Crippen molar-refractivity contribution in [3.05, 3.63) is 0 Å². The molecule has 0 radical (unpaired) electrons. The van der Waals surface area contributed by atoms with Gasteiger partial charge in [0.25, 0.3) is 0 Å². The molecule has 0 atom stereocenters. The summed E-state index contributed by atoms with van der Waals surface area (Å²) in [6.07, 6.45) is 5.43. The van der Waals surface area contributed by atoms with Crippen molar-refractivity contribution in [3.8, 4) is 0 Å². The molecule has 2 aliphatic rings. The molecule has 1 aliphatic carbocycles. The van der Waals surface area contributed by atoms with E-state index in [-0.39, 0.29) is 0 Å². The lowest BCUT2D eigenvalue weighted by atomic mass is 10.2. The average Bonchev–Trinajstić information content (AvgIpc) is 3.03. The summed E-state index contributed by atoms with van der Waals surface area (Å²) in [5.41, 5.74) is 0. The first kappa shape index (κ1) is 10.8. The van der Waals surface area contributed by atoms with E-state index < -0.39 is 0 Å². The molecule has 1 heterocycles. The summed E-state index contributed by atoms with van der Waals surface area (Å²) in [5.74, 6) is 2.29. The minimum atomic E-state index is 0.867. The SMILES string of the molecule is C(CSC1CCOCC1)NCC1CC1. The largest absolute Gasteiger partial charge is 0.381 e. The van der Waals surface area contributed by atoms with Gasteiger partial charge in [-0.2, -0.15) is 11.8 Å². The Labute approximate surface area is 91.2 Å². The van der Waals surface area contributed by atoms with Gasteiger partial charge in [0.2, 0.25) is 0 Å². The summed E-state index contributed by atoms with van der Waals surface area (Å²) >= 11 is 2.13. The molecule has 1 N–H and O–H groups in total. The highest BCUT2D eigenvalue weighted by Gasteiger charge is 2.20. The summed E-state index contributed by atoms with van der Waals surface area (Å²) in [5, 5.41) is 4.40. The normalized spacial score (nSPS) is 24.0. The van der Waals surface area contributed by atoms with E-state index in [1.54, 1.807) is 0 Å². The van der Waals surface area contributed by atoms with E-state index in [2.05, 4.69) is 17.1 Å². The third-order valence-corrected chi connectivity index (χ3v) is 4.31. The maximum atomic E-state index is 5.34. The molecular formula is C11H21NOS. The highest BCUT2D eigenvalue weighted by atomic mass is 32.2. The zero-order valence-electron chi connectivity index (χ0n) is 8.84. The van der Waals surface area contributed by atoms with Gasteiger partial charge in [-0.3, -0.25) is 0 Å². The van der Waals surface area contributed by atoms with E-state index in [0.29, 0.717) is 0 Å². The Kier molecular flexibility index (Phi) is 4.61. The van der Waals surface area contributed by atoms with Crippen molar-refractivity contribution in [1.29, 1.82) is 0 Å². The van der Waals surface area contributed by atoms with Gasteiger partial charge in [0.15, 0.2) is 0 Å². The Morgan fingerprint density at radius 3 is 2.64 bits per heavy atom. The third-order valence-electron chi connectivity index (χ3n) is 2.93. The van der Waals surface area contributed by atoms with E-state index >= 15 is 0 Å². The maximum absolute atomic E-state index is 5.34. The minimum Gasteiger partial charge on any atom is -0.381 e. The lowest BCUT2D eigenvalue weighted by Crippen LogP contribution is -2.23. The number of rotatable bonds is 6. The van der Waals surface area contributed by atoms with Gasteiger partial charge >= 0.3 is 0 Å². The van der Waals surface area contributed by atoms with Crippen LogP contribution in [0.4, 0.5) is 0 Å². The van der Waals surface area contributed by atoms with Crippen LogP contribution in [0.3, 0.4) is 0 Å². The van der Waals surface area contributed by atoms with Gasteiger partial charge in [0.05, 0.1) is 0 Å². The van der Waals surface area contributed by atoms with Crippen molar-refractivity contribution in [3.63, 3.8) is 0 Å². The first-order valence-electron chi connectivity index (χ1n) is 5.85. The van der Waals surface area contributed by atoms with Crippen LogP contribution in [0.2, 0.25) is 0 Å². The lowest BCUT2D eigenvalue weighted by Gasteiger charge is -2.21. The topological polar surface area (TPSA) is 21.3 Å². The first-order valence-corrected chi connectivity index (χ1v) is 6.90. The van der Waals surface area contributed by atoms with Crippen LogP contribution in [0.25, 0.3) is 0 Å². The molecule has 1 saturated heterocycles. The maximum Gasteiger partial charge on any atom is 0.0476 e. The number of thioether (sulfide) groups is 1. The van der Waals surface area contributed by atoms with Gasteiger partial charge in [0.1, 0.15) is 0 Å². The van der Waals surface area contributed by atoms with E-state index in [1.807, 2.05) is 0 Å². The highest BCUT2D eigenvalue weighted by molar-refractivity contribution is 7.99. The fourth-order valence-electron chi connectivity index (χ4n) is 1.77. The number of hydrogen-bond acceptors (Lipinski definition) is 3. The Balaban J connectivity index is 1.41. The van der Waals surface area contributed by atoms with Gasteiger partial charge in [-0.25, -0.2) is 0 Å². The van der Waals surface area contributed by atoms with Crippen molar-refractivity contribution in [2.45, 2.75) is 30.9 Å². The zero-order chi connectivity index (χ0) is 9.64. The fraction of sp³-hybridized carbons (Fsp3) is 1.00. The second-order valence-electron chi connectivity index (χ2n) is 4.33. The molecule has 2 nitrogen and oxygen atoms in total. The quantitative estimate of drug-likeness (QED) is 0.684. The molecule has 0 amide bonds. The van der Waals surface area contributed by atoms with E-state index in [9.17, 15) is 0 Å². The number of hydrogen-bond donors (Lipinski definition) is 1. The summed E-state index contributed by atoms with van der Waals surface area (Å²) in [6, 6.07) is 0. The molecular weight excluding hydrogens is 194 g/mol. The monoisotopic (exact) mass is 215 g/mol. The standard InChI is InChI=1S/C11H21NOS/c1-2-10(1)9-12-5-8-14-11-3-6-13-7-4-11/h10-12H,1-9H2. The number of nitrogens with one attached hydrogen (secondary N) is 1. The molecule has 1 aliphatic heterocycles. The molecule has 1 saturated carbocycles. The Hall–Kier alpha value is 0.270. The molecule has 3 heteroatoms. The molecule has 0 aromatic carbocycles. The van der Waals surface area contributed by atoms with Gasteiger partial charge in [-0.1, -0.05) is 0 Å². The molecule has 82 valence electrons. The van der Waals surface area contributed by atoms with E-state index in [1.165, 1.54) is 44.5 Å².